The van der Waals surface area contributed by atoms with Gasteiger partial charge >= 0.3 is 0 Å². The lowest BCUT2D eigenvalue weighted by Gasteiger charge is -2.23. The molecule has 0 spiro atoms. The second-order valence-corrected chi connectivity index (χ2v) is 4.15. The largest absolute Gasteiger partial charge is 0.370 e. The van der Waals surface area contributed by atoms with Crippen LogP contribution in [0.5, 0.6) is 0 Å². The average molecular weight is 292 g/mol. The van der Waals surface area contributed by atoms with Crippen LogP contribution in [0.3, 0.4) is 0 Å². The number of nitrogens with zero attached hydrogens (tertiary/aromatic N) is 3. The van der Waals surface area contributed by atoms with Crippen LogP contribution in [0.25, 0.3) is 0 Å². The van der Waals surface area contributed by atoms with Gasteiger partial charge in [-0.25, -0.2) is 0 Å². The quantitative estimate of drug-likeness (QED) is 0.783. The molecule has 4 heteroatoms. The molecule has 3 nitrogen and oxygen atoms in total. The maximum atomic E-state index is 9.15. The molecule has 1 aromatic rings. The Morgan fingerprint density at radius 2 is 2.12 bits per heavy atom. The lowest BCUT2D eigenvalue weighted by molar-refractivity contribution is 0.825. The second kappa shape index (κ2) is 6.93. The van der Waals surface area contributed by atoms with E-state index >= 15 is 0 Å². The molecule has 0 aliphatic heterocycles. The standard InChI is InChI=1S/C13H14BrN3/c1-2-17(7-3-6-15)13-5-4-11(9-14)8-12(13)10-16/h4-5,8H,2-3,7,9H2,1H3. The van der Waals surface area contributed by atoms with Crippen molar-refractivity contribution in [1.82, 2.24) is 0 Å². The Morgan fingerprint density at radius 1 is 1.35 bits per heavy atom. The van der Waals surface area contributed by atoms with Crippen LogP contribution in [0, 0.1) is 22.7 Å². The summed E-state index contributed by atoms with van der Waals surface area (Å²) in [5.41, 5.74) is 2.67. The molecule has 0 saturated heterocycles. The zero-order chi connectivity index (χ0) is 12.7. The molecule has 0 radical (unpaired) electrons. The fourth-order valence-electron chi connectivity index (χ4n) is 1.67. The Balaban J connectivity index is 3.03. The van der Waals surface area contributed by atoms with Gasteiger partial charge in [-0.15, -0.1) is 0 Å². The zero-order valence-corrected chi connectivity index (χ0v) is 11.4. The fraction of sp³-hybridized carbons (Fsp3) is 0.385. The van der Waals surface area contributed by atoms with Gasteiger partial charge in [-0.3, -0.25) is 0 Å². The topological polar surface area (TPSA) is 50.8 Å². The Hall–Kier alpha value is -1.52. The molecule has 0 saturated carbocycles. The van der Waals surface area contributed by atoms with Gasteiger partial charge in [0.2, 0.25) is 0 Å². The SMILES string of the molecule is CCN(CCC#N)c1ccc(CBr)cc1C#N. The Kier molecular flexibility index (Phi) is 5.52. The molecule has 0 heterocycles. The molecule has 0 atom stereocenters. The first-order chi connectivity index (χ1) is 8.26. The number of hydrogen-bond donors (Lipinski definition) is 0. The second-order valence-electron chi connectivity index (χ2n) is 3.58. The minimum atomic E-state index is 0.471. The highest BCUT2D eigenvalue weighted by atomic mass is 79.9. The van der Waals surface area contributed by atoms with E-state index in [-0.39, 0.29) is 0 Å². The minimum Gasteiger partial charge on any atom is -0.370 e. The molecular formula is C13H14BrN3. The predicted molar refractivity (Wildman–Crippen MR) is 71.9 cm³/mol. The molecular weight excluding hydrogens is 278 g/mol. The molecule has 0 bridgehead atoms. The summed E-state index contributed by atoms with van der Waals surface area (Å²) >= 11 is 3.38. The third-order valence-electron chi connectivity index (χ3n) is 2.55. The van der Waals surface area contributed by atoms with Crippen LogP contribution >= 0.6 is 15.9 Å². The fourth-order valence-corrected chi connectivity index (χ4v) is 2.01. The van der Waals surface area contributed by atoms with Crippen LogP contribution in [-0.2, 0) is 5.33 Å². The Bertz CT molecular complexity index is 457. The molecule has 0 fully saturated rings. The third-order valence-corrected chi connectivity index (χ3v) is 3.20. The van der Waals surface area contributed by atoms with Crippen molar-refractivity contribution in [2.24, 2.45) is 0 Å². The summed E-state index contributed by atoms with van der Waals surface area (Å²) < 4.78 is 0. The van der Waals surface area contributed by atoms with E-state index in [4.69, 9.17) is 10.5 Å². The van der Waals surface area contributed by atoms with E-state index in [9.17, 15) is 0 Å². The van der Waals surface area contributed by atoms with Crippen molar-refractivity contribution >= 4 is 21.6 Å². The Morgan fingerprint density at radius 3 is 2.65 bits per heavy atom. The van der Waals surface area contributed by atoms with Crippen LogP contribution in [-0.4, -0.2) is 13.1 Å². The van der Waals surface area contributed by atoms with Gasteiger partial charge in [0, 0.05) is 18.4 Å². The van der Waals surface area contributed by atoms with Crippen LogP contribution in [0.15, 0.2) is 18.2 Å². The number of hydrogen-bond acceptors (Lipinski definition) is 3. The minimum absolute atomic E-state index is 0.471. The average Bonchev–Trinajstić information content (AvgIpc) is 2.39. The number of rotatable bonds is 5. The van der Waals surface area contributed by atoms with E-state index < -0.39 is 0 Å². The van der Waals surface area contributed by atoms with Crippen molar-refractivity contribution in [3.05, 3.63) is 29.3 Å². The van der Waals surface area contributed by atoms with Crippen LogP contribution in [0.1, 0.15) is 24.5 Å². The summed E-state index contributed by atoms with van der Waals surface area (Å²) in [7, 11) is 0. The highest BCUT2D eigenvalue weighted by molar-refractivity contribution is 9.08. The lowest BCUT2D eigenvalue weighted by Crippen LogP contribution is -2.24. The van der Waals surface area contributed by atoms with E-state index in [2.05, 4.69) is 33.0 Å². The summed E-state index contributed by atoms with van der Waals surface area (Å²) in [6, 6.07) is 10.2. The first kappa shape index (κ1) is 13.5. The van der Waals surface area contributed by atoms with Gasteiger partial charge in [-0.05, 0) is 24.6 Å². The highest BCUT2D eigenvalue weighted by Crippen LogP contribution is 2.22. The predicted octanol–water partition coefficient (Wildman–Crippen LogP) is 3.19. The monoisotopic (exact) mass is 291 g/mol. The molecule has 17 heavy (non-hydrogen) atoms. The van der Waals surface area contributed by atoms with Crippen molar-refractivity contribution in [2.75, 3.05) is 18.0 Å². The van der Waals surface area contributed by atoms with Crippen molar-refractivity contribution < 1.29 is 0 Å². The summed E-state index contributed by atoms with van der Waals surface area (Å²) in [6.07, 6.45) is 0.471. The van der Waals surface area contributed by atoms with Gasteiger partial charge in [0.25, 0.3) is 0 Å². The molecule has 0 amide bonds. The van der Waals surface area contributed by atoms with Gasteiger partial charge in [0.1, 0.15) is 6.07 Å². The van der Waals surface area contributed by atoms with E-state index in [1.165, 1.54) is 0 Å². The highest BCUT2D eigenvalue weighted by Gasteiger charge is 2.09. The molecule has 0 aromatic heterocycles. The lowest BCUT2D eigenvalue weighted by atomic mass is 10.1. The van der Waals surface area contributed by atoms with Crippen molar-refractivity contribution in [3.8, 4) is 12.1 Å². The molecule has 0 N–H and O–H groups in total. The first-order valence-corrected chi connectivity index (χ1v) is 6.59. The number of benzene rings is 1. The smallest absolute Gasteiger partial charge is 0.101 e. The van der Waals surface area contributed by atoms with E-state index in [0.717, 1.165) is 23.1 Å². The summed E-state index contributed by atoms with van der Waals surface area (Å²) in [6.45, 7) is 3.48. The molecule has 0 aliphatic carbocycles. The summed E-state index contributed by atoms with van der Waals surface area (Å²) in [5, 5.41) is 18.5. The van der Waals surface area contributed by atoms with Crippen LogP contribution < -0.4 is 4.90 Å². The van der Waals surface area contributed by atoms with Gasteiger partial charge in [-0.1, -0.05) is 22.0 Å². The first-order valence-electron chi connectivity index (χ1n) is 5.47. The van der Waals surface area contributed by atoms with Crippen LogP contribution in [0.2, 0.25) is 0 Å². The maximum Gasteiger partial charge on any atom is 0.101 e. The van der Waals surface area contributed by atoms with Crippen molar-refractivity contribution in [3.63, 3.8) is 0 Å². The van der Waals surface area contributed by atoms with Crippen LogP contribution in [0.4, 0.5) is 5.69 Å². The van der Waals surface area contributed by atoms with Gasteiger partial charge < -0.3 is 4.90 Å². The number of halogens is 1. The van der Waals surface area contributed by atoms with Crippen molar-refractivity contribution in [2.45, 2.75) is 18.7 Å². The molecule has 1 rings (SSSR count). The van der Waals surface area contributed by atoms with Crippen molar-refractivity contribution in [1.29, 1.82) is 10.5 Å². The molecule has 1 aromatic carbocycles. The Labute approximate surface area is 110 Å². The number of nitriles is 2. The molecule has 0 aliphatic rings. The van der Waals surface area contributed by atoms with E-state index in [1.807, 2.05) is 25.1 Å². The van der Waals surface area contributed by atoms with Gasteiger partial charge in [0.15, 0.2) is 0 Å². The van der Waals surface area contributed by atoms with E-state index in [0.29, 0.717) is 18.5 Å². The normalized spacial score (nSPS) is 9.41. The number of alkyl halides is 1. The molecule has 88 valence electrons. The zero-order valence-electron chi connectivity index (χ0n) is 9.78. The maximum absolute atomic E-state index is 9.15. The van der Waals surface area contributed by atoms with Gasteiger partial charge in [0.05, 0.1) is 23.7 Å². The third kappa shape index (κ3) is 3.47. The summed E-state index contributed by atoms with van der Waals surface area (Å²) in [5.74, 6) is 0. The summed E-state index contributed by atoms with van der Waals surface area (Å²) in [4.78, 5) is 2.06. The van der Waals surface area contributed by atoms with E-state index in [1.54, 1.807) is 0 Å². The molecule has 0 unspecified atom stereocenters. The van der Waals surface area contributed by atoms with Gasteiger partial charge in [-0.2, -0.15) is 10.5 Å². The number of anilines is 1.